The van der Waals surface area contributed by atoms with Crippen molar-refractivity contribution in [1.29, 1.82) is 0 Å². The van der Waals surface area contributed by atoms with Gasteiger partial charge in [-0.05, 0) is 50.2 Å². The van der Waals surface area contributed by atoms with Gasteiger partial charge < -0.3 is 15.2 Å². The minimum atomic E-state index is -1.03. The number of carbonyl (C=O) groups excluding carboxylic acids is 2. The Morgan fingerprint density at radius 3 is 2.52 bits per heavy atom. The Hall–Kier alpha value is -3.49. The van der Waals surface area contributed by atoms with E-state index < -0.39 is 23.8 Å². The molecule has 2 unspecified atom stereocenters. The van der Waals surface area contributed by atoms with E-state index in [9.17, 15) is 14.7 Å². The number of benzene rings is 2. The van der Waals surface area contributed by atoms with Crippen LogP contribution in [0.25, 0.3) is 10.9 Å². The van der Waals surface area contributed by atoms with E-state index in [1.165, 1.54) is 12.4 Å². The highest BCUT2D eigenvalue weighted by atomic mass is 16.5. The number of nitrogens with one attached hydrogen (secondary N) is 2. The van der Waals surface area contributed by atoms with Gasteiger partial charge >= 0.3 is 0 Å². The lowest BCUT2D eigenvalue weighted by atomic mass is 10.0. The van der Waals surface area contributed by atoms with Gasteiger partial charge in [-0.3, -0.25) is 19.8 Å². The van der Waals surface area contributed by atoms with Crippen molar-refractivity contribution in [3.05, 3.63) is 71.4 Å². The second-order valence-electron chi connectivity index (χ2n) is 7.29. The normalized spacial score (nSPS) is 12.8. The Bertz CT molecular complexity index is 1070. The summed E-state index contributed by atoms with van der Waals surface area (Å²) in [6.07, 6.45) is -1.03. The first-order chi connectivity index (χ1) is 14.9. The zero-order valence-corrected chi connectivity index (χ0v) is 17.3. The highest BCUT2D eigenvalue weighted by molar-refractivity contribution is 5.94. The maximum absolute atomic E-state index is 12.3. The standard InChI is InChI=1S/C23H25N3O5/c1-14-11-17(19-5-3-4-6-21(19)25-14)13-31-18-9-7-16(8-10-18)22(28)24-12-20(15(2)27)23(29)26-30/h3-11,15,20,27,30H,12-13H2,1-2H3,(H,24,28)(H,26,29). The van der Waals surface area contributed by atoms with Gasteiger partial charge in [0, 0.05) is 28.8 Å². The second kappa shape index (κ2) is 10.0. The molecule has 8 nitrogen and oxygen atoms in total. The molecule has 8 heteroatoms. The molecular weight excluding hydrogens is 398 g/mol. The van der Waals surface area contributed by atoms with Crippen LogP contribution in [0.15, 0.2) is 54.6 Å². The van der Waals surface area contributed by atoms with E-state index in [1.54, 1.807) is 24.3 Å². The summed E-state index contributed by atoms with van der Waals surface area (Å²) in [5, 5.41) is 22.0. The van der Waals surface area contributed by atoms with Crippen LogP contribution in [0.5, 0.6) is 5.75 Å². The van der Waals surface area contributed by atoms with Crippen molar-refractivity contribution in [2.75, 3.05) is 6.54 Å². The minimum Gasteiger partial charge on any atom is -0.489 e. The largest absolute Gasteiger partial charge is 0.489 e. The molecule has 3 aromatic rings. The number of hydrogen-bond acceptors (Lipinski definition) is 6. The summed E-state index contributed by atoms with van der Waals surface area (Å²) in [5.41, 5.74) is 4.72. The number of carbonyl (C=O) groups is 2. The minimum absolute atomic E-state index is 0.115. The maximum Gasteiger partial charge on any atom is 0.251 e. The molecule has 3 rings (SSSR count). The van der Waals surface area contributed by atoms with Gasteiger partial charge in [-0.1, -0.05) is 18.2 Å². The number of fused-ring (bicyclic) bond motifs is 1. The number of aryl methyl sites for hydroxylation is 1. The molecule has 1 aromatic heterocycles. The number of hydrogen-bond donors (Lipinski definition) is 4. The molecule has 0 radical (unpaired) electrons. The lowest BCUT2D eigenvalue weighted by molar-refractivity contribution is -0.136. The summed E-state index contributed by atoms with van der Waals surface area (Å²) < 4.78 is 5.89. The molecule has 31 heavy (non-hydrogen) atoms. The average Bonchev–Trinajstić information content (AvgIpc) is 2.77. The van der Waals surface area contributed by atoms with E-state index in [2.05, 4.69) is 10.3 Å². The number of aliphatic hydroxyl groups is 1. The average molecular weight is 423 g/mol. The second-order valence-corrected chi connectivity index (χ2v) is 7.29. The predicted octanol–water partition coefficient (Wildman–Crippen LogP) is 2.35. The topological polar surface area (TPSA) is 121 Å². The summed E-state index contributed by atoms with van der Waals surface area (Å²) in [4.78, 5) is 28.4. The molecule has 0 spiro atoms. The Morgan fingerprint density at radius 1 is 1.13 bits per heavy atom. The van der Waals surface area contributed by atoms with E-state index in [0.717, 1.165) is 22.2 Å². The van der Waals surface area contributed by atoms with Crippen LogP contribution in [0, 0.1) is 12.8 Å². The molecule has 0 aliphatic heterocycles. The first-order valence-electron chi connectivity index (χ1n) is 9.87. The third kappa shape index (κ3) is 5.56. The fourth-order valence-electron chi connectivity index (χ4n) is 3.25. The fourth-order valence-corrected chi connectivity index (χ4v) is 3.25. The number of hydroxylamine groups is 1. The monoisotopic (exact) mass is 423 g/mol. The SMILES string of the molecule is Cc1cc(COc2ccc(C(=O)NCC(C(=O)NO)C(C)O)cc2)c2ccccc2n1. The summed E-state index contributed by atoms with van der Waals surface area (Å²) >= 11 is 0. The van der Waals surface area contributed by atoms with Crippen LogP contribution in [0.2, 0.25) is 0 Å². The highest BCUT2D eigenvalue weighted by Crippen LogP contribution is 2.21. The van der Waals surface area contributed by atoms with Crippen LogP contribution < -0.4 is 15.5 Å². The molecule has 0 saturated carbocycles. The zero-order valence-electron chi connectivity index (χ0n) is 17.3. The van der Waals surface area contributed by atoms with Crippen molar-refractivity contribution >= 4 is 22.7 Å². The van der Waals surface area contributed by atoms with Gasteiger partial charge in [0.2, 0.25) is 0 Å². The van der Waals surface area contributed by atoms with E-state index in [1.807, 2.05) is 37.3 Å². The highest BCUT2D eigenvalue weighted by Gasteiger charge is 2.24. The molecule has 0 fully saturated rings. The van der Waals surface area contributed by atoms with Crippen LogP contribution in [0.1, 0.15) is 28.5 Å². The van der Waals surface area contributed by atoms with Crippen molar-refractivity contribution in [2.24, 2.45) is 5.92 Å². The van der Waals surface area contributed by atoms with E-state index in [0.29, 0.717) is 17.9 Å². The first kappa shape index (κ1) is 22.2. The Labute approximate surface area is 179 Å². The number of amides is 2. The van der Waals surface area contributed by atoms with Crippen LogP contribution in [-0.2, 0) is 11.4 Å². The molecule has 0 bridgehead atoms. The number of pyridine rings is 1. The molecule has 2 amide bonds. The number of rotatable bonds is 8. The predicted molar refractivity (Wildman–Crippen MR) is 115 cm³/mol. The molecule has 2 aromatic carbocycles. The van der Waals surface area contributed by atoms with Gasteiger partial charge in [0.1, 0.15) is 12.4 Å². The number of nitrogens with zero attached hydrogens (tertiary/aromatic N) is 1. The summed E-state index contributed by atoms with van der Waals surface area (Å²) in [5.74, 6) is -1.52. The van der Waals surface area contributed by atoms with Gasteiger partial charge in [0.25, 0.3) is 11.8 Å². The molecule has 0 aliphatic rings. The van der Waals surface area contributed by atoms with Crippen molar-refractivity contribution in [3.8, 4) is 5.75 Å². The molecule has 0 saturated heterocycles. The van der Waals surface area contributed by atoms with Gasteiger partial charge in [0.15, 0.2) is 0 Å². The Kier molecular flexibility index (Phi) is 7.17. The molecular formula is C23H25N3O5. The van der Waals surface area contributed by atoms with Crippen LogP contribution in [0.3, 0.4) is 0 Å². The quantitative estimate of drug-likeness (QED) is 0.326. The smallest absolute Gasteiger partial charge is 0.251 e. The first-order valence-corrected chi connectivity index (χ1v) is 9.87. The van der Waals surface area contributed by atoms with Gasteiger partial charge in [-0.15, -0.1) is 0 Å². The van der Waals surface area contributed by atoms with Crippen LogP contribution in [-0.4, -0.2) is 39.8 Å². The molecule has 162 valence electrons. The zero-order chi connectivity index (χ0) is 22.4. The molecule has 0 aliphatic carbocycles. The van der Waals surface area contributed by atoms with E-state index in [4.69, 9.17) is 9.94 Å². The molecule has 1 heterocycles. The van der Waals surface area contributed by atoms with Crippen LogP contribution >= 0.6 is 0 Å². The van der Waals surface area contributed by atoms with Crippen molar-refractivity contribution in [2.45, 2.75) is 26.6 Å². The van der Waals surface area contributed by atoms with Crippen LogP contribution in [0.4, 0.5) is 0 Å². The number of aliphatic hydroxyl groups excluding tert-OH is 1. The number of ether oxygens (including phenoxy) is 1. The maximum atomic E-state index is 12.3. The van der Waals surface area contributed by atoms with Gasteiger partial charge in [-0.2, -0.15) is 0 Å². The fraction of sp³-hybridized carbons (Fsp3) is 0.261. The lowest BCUT2D eigenvalue weighted by Crippen LogP contribution is -2.42. The summed E-state index contributed by atoms with van der Waals surface area (Å²) in [7, 11) is 0. The number of aromatic nitrogens is 1. The Morgan fingerprint density at radius 2 is 1.84 bits per heavy atom. The molecule has 4 N–H and O–H groups in total. The third-order valence-electron chi connectivity index (χ3n) is 4.95. The van der Waals surface area contributed by atoms with Crippen molar-refractivity contribution < 1.29 is 24.6 Å². The summed E-state index contributed by atoms with van der Waals surface area (Å²) in [6, 6.07) is 16.5. The van der Waals surface area contributed by atoms with Gasteiger partial charge in [0.05, 0.1) is 17.5 Å². The van der Waals surface area contributed by atoms with E-state index in [-0.39, 0.29) is 6.54 Å². The molecule has 2 atom stereocenters. The summed E-state index contributed by atoms with van der Waals surface area (Å²) in [6.45, 7) is 3.60. The Balaban J connectivity index is 1.62. The van der Waals surface area contributed by atoms with Crippen molar-refractivity contribution in [3.63, 3.8) is 0 Å². The number of para-hydroxylation sites is 1. The van der Waals surface area contributed by atoms with Gasteiger partial charge in [-0.25, -0.2) is 5.48 Å². The lowest BCUT2D eigenvalue weighted by Gasteiger charge is -2.18. The van der Waals surface area contributed by atoms with Crippen molar-refractivity contribution in [1.82, 2.24) is 15.8 Å². The third-order valence-corrected chi connectivity index (χ3v) is 4.95. The van der Waals surface area contributed by atoms with E-state index >= 15 is 0 Å².